The molecule has 5 heteroatoms. The fourth-order valence-corrected chi connectivity index (χ4v) is 1.54. The molecule has 0 fully saturated rings. The number of para-hydroxylation sites is 1. The molecule has 1 aromatic carbocycles. The molecule has 0 aliphatic carbocycles. The summed E-state index contributed by atoms with van der Waals surface area (Å²) in [4.78, 5) is 11.4. The van der Waals surface area contributed by atoms with Gasteiger partial charge in [0, 0.05) is 6.54 Å². The van der Waals surface area contributed by atoms with E-state index in [4.69, 9.17) is 9.84 Å². The molecule has 0 aliphatic heterocycles. The Morgan fingerprint density at radius 3 is 2.83 bits per heavy atom. The molecule has 0 radical (unpaired) electrons. The molecule has 1 aromatic rings. The van der Waals surface area contributed by atoms with Crippen LogP contribution < -0.4 is 15.4 Å². The second kappa shape index (κ2) is 7.55. The number of hydrogen-bond acceptors (Lipinski definition) is 3. The van der Waals surface area contributed by atoms with E-state index in [0.717, 1.165) is 11.3 Å². The van der Waals surface area contributed by atoms with Crippen LogP contribution in [0.25, 0.3) is 0 Å². The quantitative estimate of drug-likeness (QED) is 0.705. The van der Waals surface area contributed by atoms with Gasteiger partial charge in [-0.3, -0.25) is 0 Å². The predicted molar refractivity (Wildman–Crippen MR) is 69.8 cm³/mol. The number of methoxy groups -OCH3 is 1. The number of rotatable bonds is 6. The number of amides is 2. The smallest absolute Gasteiger partial charge is 0.315 e. The third-order valence-corrected chi connectivity index (χ3v) is 2.52. The maximum atomic E-state index is 11.4. The van der Waals surface area contributed by atoms with Crippen LogP contribution in [-0.4, -0.2) is 37.4 Å². The highest BCUT2D eigenvalue weighted by atomic mass is 16.5. The number of urea groups is 1. The second-order valence-electron chi connectivity index (χ2n) is 4.05. The Morgan fingerprint density at radius 1 is 1.44 bits per heavy atom. The first-order valence-corrected chi connectivity index (χ1v) is 5.94. The summed E-state index contributed by atoms with van der Waals surface area (Å²) >= 11 is 0. The van der Waals surface area contributed by atoms with E-state index in [-0.39, 0.29) is 18.7 Å². The van der Waals surface area contributed by atoms with Crippen LogP contribution in [-0.2, 0) is 6.42 Å². The summed E-state index contributed by atoms with van der Waals surface area (Å²) in [5.74, 6) is 0.823. The molecule has 0 aromatic heterocycles. The lowest BCUT2D eigenvalue weighted by molar-refractivity contribution is 0.220. The van der Waals surface area contributed by atoms with E-state index in [0.29, 0.717) is 13.0 Å². The highest BCUT2D eigenvalue weighted by Crippen LogP contribution is 2.17. The Bertz CT molecular complexity index is 382. The molecule has 5 nitrogen and oxygen atoms in total. The molecule has 1 atom stereocenters. The summed E-state index contributed by atoms with van der Waals surface area (Å²) in [7, 11) is 1.63. The van der Waals surface area contributed by atoms with Gasteiger partial charge in [-0.05, 0) is 25.0 Å². The molecule has 100 valence electrons. The zero-order chi connectivity index (χ0) is 13.4. The lowest BCUT2D eigenvalue weighted by Gasteiger charge is -2.12. The largest absolute Gasteiger partial charge is 0.496 e. The predicted octanol–water partition coefficient (Wildman–Crippen LogP) is 0.918. The Balaban J connectivity index is 2.35. The summed E-state index contributed by atoms with van der Waals surface area (Å²) in [5.41, 5.74) is 1.05. The van der Waals surface area contributed by atoms with Crippen LogP contribution in [0.3, 0.4) is 0 Å². The Labute approximate surface area is 107 Å². The number of ether oxygens (including phenoxy) is 1. The standard InChI is InChI=1S/C13H20N2O3/c1-10(9-16)15-13(17)14-8-7-11-5-3-4-6-12(11)18-2/h3-6,10,16H,7-9H2,1-2H3,(H2,14,15,17). The van der Waals surface area contributed by atoms with Gasteiger partial charge in [-0.15, -0.1) is 0 Å². The van der Waals surface area contributed by atoms with E-state index in [1.54, 1.807) is 14.0 Å². The van der Waals surface area contributed by atoms with Crippen molar-refractivity contribution in [3.63, 3.8) is 0 Å². The lowest BCUT2D eigenvalue weighted by Crippen LogP contribution is -2.42. The van der Waals surface area contributed by atoms with Gasteiger partial charge < -0.3 is 20.5 Å². The number of aliphatic hydroxyl groups is 1. The molecule has 18 heavy (non-hydrogen) atoms. The van der Waals surface area contributed by atoms with E-state index >= 15 is 0 Å². The zero-order valence-electron chi connectivity index (χ0n) is 10.8. The van der Waals surface area contributed by atoms with Gasteiger partial charge in [-0.1, -0.05) is 18.2 Å². The normalized spacial score (nSPS) is 11.7. The van der Waals surface area contributed by atoms with Crippen LogP contribution in [0.15, 0.2) is 24.3 Å². The minimum absolute atomic E-state index is 0.0695. The Morgan fingerprint density at radius 2 is 2.17 bits per heavy atom. The molecule has 1 rings (SSSR count). The number of carbonyl (C=O) groups is 1. The van der Waals surface area contributed by atoms with E-state index in [2.05, 4.69) is 10.6 Å². The van der Waals surface area contributed by atoms with E-state index in [1.807, 2.05) is 24.3 Å². The first kappa shape index (κ1) is 14.3. The van der Waals surface area contributed by atoms with Crippen molar-refractivity contribution in [2.45, 2.75) is 19.4 Å². The summed E-state index contributed by atoms with van der Waals surface area (Å²) in [6.45, 7) is 2.18. The summed E-state index contributed by atoms with van der Waals surface area (Å²) in [6, 6.07) is 7.19. The second-order valence-corrected chi connectivity index (χ2v) is 4.05. The van der Waals surface area contributed by atoms with Gasteiger partial charge in [-0.2, -0.15) is 0 Å². The molecule has 0 heterocycles. The van der Waals surface area contributed by atoms with Crippen molar-refractivity contribution < 1.29 is 14.6 Å². The van der Waals surface area contributed by atoms with Crippen LogP contribution in [0.1, 0.15) is 12.5 Å². The zero-order valence-corrected chi connectivity index (χ0v) is 10.8. The number of benzene rings is 1. The number of aliphatic hydroxyl groups excluding tert-OH is 1. The van der Waals surface area contributed by atoms with Crippen molar-refractivity contribution in [2.75, 3.05) is 20.3 Å². The summed E-state index contributed by atoms with van der Waals surface area (Å²) in [6.07, 6.45) is 0.699. The van der Waals surface area contributed by atoms with Crippen molar-refractivity contribution in [3.05, 3.63) is 29.8 Å². The maximum absolute atomic E-state index is 11.4. The third kappa shape index (κ3) is 4.63. The average Bonchev–Trinajstić information content (AvgIpc) is 2.39. The first-order valence-electron chi connectivity index (χ1n) is 5.94. The van der Waals surface area contributed by atoms with Gasteiger partial charge in [-0.25, -0.2) is 4.79 Å². The number of nitrogens with one attached hydrogen (secondary N) is 2. The highest BCUT2D eigenvalue weighted by molar-refractivity contribution is 5.74. The molecule has 0 aliphatic rings. The topological polar surface area (TPSA) is 70.6 Å². The third-order valence-electron chi connectivity index (χ3n) is 2.52. The van der Waals surface area contributed by atoms with Crippen molar-refractivity contribution in [3.8, 4) is 5.75 Å². The number of hydrogen-bond donors (Lipinski definition) is 3. The van der Waals surface area contributed by atoms with Gasteiger partial charge in [0.25, 0.3) is 0 Å². The molecule has 0 spiro atoms. The monoisotopic (exact) mass is 252 g/mol. The van der Waals surface area contributed by atoms with Crippen molar-refractivity contribution >= 4 is 6.03 Å². The molecule has 0 saturated heterocycles. The first-order chi connectivity index (χ1) is 8.67. The van der Waals surface area contributed by atoms with Crippen LogP contribution in [0.4, 0.5) is 4.79 Å². The van der Waals surface area contributed by atoms with Crippen LogP contribution in [0.5, 0.6) is 5.75 Å². The van der Waals surface area contributed by atoms with E-state index < -0.39 is 0 Å². The van der Waals surface area contributed by atoms with Crippen LogP contribution in [0.2, 0.25) is 0 Å². The minimum atomic E-state index is -0.272. The SMILES string of the molecule is COc1ccccc1CCNC(=O)NC(C)CO. The summed E-state index contributed by atoms with van der Waals surface area (Å²) < 4.78 is 5.22. The lowest BCUT2D eigenvalue weighted by atomic mass is 10.1. The molecule has 0 bridgehead atoms. The molecular formula is C13H20N2O3. The molecule has 1 unspecified atom stereocenters. The van der Waals surface area contributed by atoms with Crippen LogP contribution in [0, 0.1) is 0 Å². The molecule has 2 amide bonds. The molecule has 0 saturated carbocycles. The summed E-state index contributed by atoms with van der Waals surface area (Å²) in [5, 5.41) is 14.1. The van der Waals surface area contributed by atoms with Crippen molar-refractivity contribution in [1.82, 2.24) is 10.6 Å². The van der Waals surface area contributed by atoms with Crippen LogP contribution >= 0.6 is 0 Å². The van der Waals surface area contributed by atoms with Gasteiger partial charge in [0.1, 0.15) is 5.75 Å². The Hall–Kier alpha value is -1.75. The van der Waals surface area contributed by atoms with Gasteiger partial charge in [0.15, 0.2) is 0 Å². The van der Waals surface area contributed by atoms with E-state index in [9.17, 15) is 4.79 Å². The fraction of sp³-hybridized carbons (Fsp3) is 0.462. The number of carbonyl (C=O) groups excluding carboxylic acids is 1. The van der Waals surface area contributed by atoms with Gasteiger partial charge >= 0.3 is 6.03 Å². The molecular weight excluding hydrogens is 232 g/mol. The van der Waals surface area contributed by atoms with Gasteiger partial charge in [0.2, 0.25) is 0 Å². The van der Waals surface area contributed by atoms with Crippen molar-refractivity contribution in [2.24, 2.45) is 0 Å². The maximum Gasteiger partial charge on any atom is 0.315 e. The highest BCUT2D eigenvalue weighted by Gasteiger charge is 2.06. The van der Waals surface area contributed by atoms with E-state index in [1.165, 1.54) is 0 Å². The fourth-order valence-electron chi connectivity index (χ4n) is 1.54. The van der Waals surface area contributed by atoms with Gasteiger partial charge in [0.05, 0.1) is 19.8 Å². The Kier molecular flexibility index (Phi) is 6.00. The molecule has 3 N–H and O–H groups in total. The minimum Gasteiger partial charge on any atom is -0.496 e. The average molecular weight is 252 g/mol. The van der Waals surface area contributed by atoms with Crippen molar-refractivity contribution in [1.29, 1.82) is 0 Å².